The van der Waals surface area contributed by atoms with E-state index < -0.39 is 39.8 Å². The van der Waals surface area contributed by atoms with E-state index in [-0.39, 0.29) is 13.2 Å². The summed E-state index contributed by atoms with van der Waals surface area (Å²) in [6.07, 6.45) is 0.840. The average Bonchev–Trinajstić information content (AvgIpc) is 2.60. The van der Waals surface area contributed by atoms with E-state index in [0.717, 1.165) is 29.5 Å². The van der Waals surface area contributed by atoms with E-state index in [1.165, 1.54) is 0 Å². The Bertz CT molecular complexity index is 964. The Morgan fingerprint density at radius 3 is 2.54 bits per heavy atom. The van der Waals surface area contributed by atoms with Crippen molar-refractivity contribution in [1.82, 2.24) is 5.32 Å². The number of carbonyl (C=O) groups excluding carboxylic acids is 1. The van der Waals surface area contributed by atoms with Gasteiger partial charge < -0.3 is 10.1 Å². The summed E-state index contributed by atoms with van der Waals surface area (Å²) < 4.78 is 57.1. The Morgan fingerprint density at radius 1 is 1.18 bits per heavy atom. The zero-order valence-corrected chi connectivity index (χ0v) is 16.6. The minimum Gasteiger partial charge on any atom is -0.491 e. The van der Waals surface area contributed by atoms with Gasteiger partial charge in [0.05, 0.1) is 18.5 Å². The number of sulfonamides is 1. The first kappa shape index (κ1) is 21.6. The van der Waals surface area contributed by atoms with E-state index in [9.17, 15) is 22.0 Å². The summed E-state index contributed by atoms with van der Waals surface area (Å²) in [6, 6.07) is 8.08. The number of carbonyl (C=O) groups is 1. The highest BCUT2D eigenvalue weighted by Crippen LogP contribution is 2.22. The summed E-state index contributed by atoms with van der Waals surface area (Å²) in [5, 5.41) is 2.52. The third-order valence-corrected chi connectivity index (χ3v) is 5.23. The molecule has 0 aliphatic heterocycles. The molecule has 0 fully saturated rings. The fourth-order valence-electron chi connectivity index (χ4n) is 2.48. The molecule has 9 heteroatoms. The third kappa shape index (κ3) is 5.66. The van der Waals surface area contributed by atoms with Crippen LogP contribution in [0.2, 0.25) is 0 Å². The van der Waals surface area contributed by atoms with E-state index in [1.54, 1.807) is 0 Å². The van der Waals surface area contributed by atoms with Crippen molar-refractivity contribution in [2.24, 2.45) is 0 Å². The normalized spacial score (nSPS) is 11.2. The van der Waals surface area contributed by atoms with Crippen LogP contribution in [0.1, 0.15) is 11.1 Å². The third-order valence-electron chi connectivity index (χ3n) is 4.10. The van der Waals surface area contributed by atoms with Crippen LogP contribution in [0.5, 0.6) is 5.75 Å². The molecule has 2 aromatic carbocycles. The van der Waals surface area contributed by atoms with Gasteiger partial charge in [-0.1, -0.05) is 12.1 Å². The fraction of sp³-hybridized carbons (Fsp3) is 0.316. The maximum absolute atomic E-state index is 13.9. The maximum Gasteiger partial charge on any atom is 0.240 e. The van der Waals surface area contributed by atoms with Gasteiger partial charge >= 0.3 is 0 Å². The Morgan fingerprint density at radius 2 is 1.89 bits per heavy atom. The molecule has 0 atom stereocenters. The molecule has 0 bridgehead atoms. The van der Waals surface area contributed by atoms with Gasteiger partial charge in [-0.3, -0.25) is 9.10 Å². The number of hydrogen-bond donors (Lipinski definition) is 1. The van der Waals surface area contributed by atoms with Crippen LogP contribution in [0.3, 0.4) is 0 Å². The van der Waals surface area contributed by atoms with Gasteiger partial charge in [0.2, 0.25) is 15.9 Å². The molecule has 0 unspecified atom stereocenters. The van der Waals surface area contributed by atoms with Crippen molar-refractivity contribution < 1.29 is 26.7 Å². The van der Waals surface area contributed by atoms with Crippen LogP contribution in [-0.4, -0.2) is 40.3 Å². The predicted molar refractivity (Wildman–Crippen MR) is 103 cm³/mol. The molecule has 1 amide bonds. The topological polar surface area (TPSA) is 75.7 Å². The fourth-order valence-corrected chi connectivity index (χ4v) is 3.34. The molecule has 0 aromatic heterocycles. The Kier molecular flexibility index (Phi) is 6.95. The molecule has 0 saturated carbocycles. The van der Waals surface area contributed by atoms with Gasteiger partial charge in [-0.25, -0.2) is 17.2 Å². The number of halogens is 2. The molecule has 28 heavy (non-hydrogen) atoms. The molecule has 0 radical (unpaired) electrons. The minimum absolute atomic E-state index is 0.135. The minimum atomic E-state index is -3.95. The second-order valence-corrected chi connectivity index (χ2v) is 8.17. The smallest absolute Gasteiger partial charge is 0.240 e. The molecule has 0 saturated heterocycles. The zero-order valence-electron chi connectivity index (χ0n) is 15.8. The van der Waals surface area contributed by atoms with Crippen molar-refractivity contribution in [1.29, 1.82) is 0 Å². The van der Waals surface area contributed by atoms with Gasteiger partial charge in [-0.15, -0.1) is 0 Å². The molecule has 0 spiro atoms. The Hall–Kier alpha value is -2.68. The van der Waals surface area contributed by atoms with Crippen molar-refractivity contribution in [3.05, 3.63) is 59.2 Å². The molecule has 2 rings (SSSR count). The van der Waals surface area contributed by atoms with Crippen LogP contribution in [0, 0.1) is 25.5 Å². The second-order valence-electron chi connectivity index (χ2n) is 6.26. The van der Waals surface area contributed by atoms with Gasteiger partial charge in [0.25, 0.3) is 0 Å². The van der Waals surface area contributed by atoms with E-state index >= 15 is 0 Å². The molecule has 0 heterocycles. The number of ether oxygens (including phenoxy) is 1. The molecule has 0 aliphatic rings. The Labute approximate surface area is 163 Å². The summed E-state index contributed by atoms with van der Waals surface area (Å²) in [7, 11) is -3.95. The SMILES string of the molecule is Cc1cccc(OCCNC(=O)CN(c2ccc(F)cc2F)S(C)(=O)=O)c1C. The van der Waals surface area contributed by atoms with E-state index in [4.69, 9.17) is 4.74 Å². The van der Waals surface area contributed by atoms with E-state index in [1.807, 2.05) is 32.0 Å². The molecular formula is C19H22F2N2O4S. The molecule has 152 valence electrons. The summed E-state index contributed by atoms with van der Waals surface area (Å²) in [6.45, 7) is 3.56. The molecule has 0 aliphatic carbocycles. The number of nitrogens with one attached hydrogen (secondary N) is 1. The number of benzene rings is 2. The highest BCUT2D eigenvalue weighted by Gasteiger charge is 2.23. The number of nitrogens with zero attached hydrogens (tertiary/aromatic N) is 1. The zero-order chi connectivity index (χ0) is 20.9. The highest BCUT2D eigenvalue weighted by molar-refractivity contribution is 7.92. The van der Waals surface area contributed by atoms with Crippen LogP contribution < -0.4 is 14.4 Å². The lowest BCUT2D eigenvalue weighted by Gasteiger charge is -2.22. The number of rotatable bonds is 8. The van der Waals surface area contributed by atoms with Gasteiger partial charge in [-0.2, -0.15) is 0 Å². The van der Waals surface area contributed by atoms with Crippen molar-refractivity contribution in [3.63, 3.8) is 0 Å². The van der Waals surface area contributed by atoms with Gasteiger partial charge in [-0.05, 0) is 43.2 Å². The largest absolute Gasteiger partial charge is 0.491 e. The lowest BCUT2D eigenvalue weighted by molar-refractivity contribution is -0.119. The second kappa shape index (κ2) is 9.01. The summed E-state index contributed by atoms with van der Waals surface area (Å²) in [5.41, 5.74) is 1.67. The molecular weight excluding hydrogens is 390 g/mol. The lowest BCUT2D eigenvalue weighted by atomic mass is 10.1. The lowest BCUT2D eigenvalue weighted by Crippen LogP contribution is -2.41. The average molecular weight is 412 g/mol. The van der Waals surface area contributed by atoms with Crippen molar-refractivity contribution in [2.45, 2.75) is 13.8 Å². The van der Waals surface area contributed by atoms with Crippen LogP contribution in [0.25, 0.3) is 0 Å². The van der Waals surface area contributed by atoms with Crippen molar-refractivity contribution >= 4 is 21.6 Å². The molecule has 6 nitrogen and oxygen atoms in total. The number of hydrogen-bond acceptors (Lipinski definition) is 4. The number of amides is 1. The van der Waals surface area contributed by atoms with Gasteiger partial charge in [0.15, 0.2) is 0 Å². The first-order valence-corrected chi connectivity index (χ1v) is 10.3. The van der Waals surface area contributed by atoms with Crippen LogP contribution in [0.15, 0.2) is 36.4 Å². The van der Waals surface area contributed by atoms with Crippen molar-refractivity contribution in [2.75, 3.05) is 30.3 Å². The van der Waals surface area contributed by atoms with Gasteiger partial charge in [0, 0.05) is 6.07 Å². The maximum atomic E-state index is 13.9. The summed E-state index contributed by atoms with van der Waals surface area (Å²) >= 11 is 0. The molecule has 2 aromatic rings. The van der Waals surface area contributed by atoms with Crippen LogP contribution >= 0.6 is 0 Å². The highest BCUT2D eigenvalue weighted by atomic mass is 32.2. The quantitative estimate of drug-likeness (QED) is 0.676. The molecule has 1 N–H and O–H groups in total. The monoisotopic (exact) mass is 412 g/mol. The van der Waals surface area contributed by atoms with E-state index in [0.29, 0.717) is 16.1 Å². The van der Waals surface area contributed by atoms with E-state index in [2.05, 4.69) is 5.32 Å². The predicted octanol–water partition coefficient (Wildman–Crippen LogP) is 2.54. The van der Waals surface area contributed by atoms with Gasteiger partial charge in [0.1, 0.15) is 30.5 Å². The first-order valence-electron chi connectivity index (χ1n) is 8.48. The summed E-state index contributed by atoms with van der Waals surface area (Å²) in [4.78, 5) is 12.1. The number of anilines is 1. The van der Waals surface area contributed by atoms with Crippen LogP contribution in [0.4, 0.5) is 14.5 Å². The van der Waals surface area contributed by atoms with Crippen LogP contribution in [-0.2, 0) is 14.8 Å². The standard InChI is InChI=1S/C19H22F2N2O4S/c1-13-5-4-6-18(14(13)2)27-10-9-22-19(24)12-23(28(3,25)26)17-8-7-15(20)11-16(17)21/h4-8,11H,9-10,12H2,1-3H3,(H,22,24). The number of aryl methyl sites for hydroxylation is 1. The van der Waals surface area contributed by atoms with Crippen molar-refractivity contribution in [3.8, 4) is 5.75 Å². The Balaban J connectivity index is 1.96. The first-order chi connectivity index (χ1) is 13.1. The summed E-state index contributed by atoms with van der Waals surface area (Å²) in [5.74, 6) is -1.86.